The molecule has 0 radical (unpaired) electrons. The van der Waals surface area contributed by atoms with Crippen LogP contribution in [0.3, 0.4) is 0 Å². The first-order valence-electron chi connectivity index (χ1n) is 7.16. The number of guanidine groups is 1. The van der Waals surface area contributed by atoms with E-state index in [0.29, 0.717) is 32.0 Å². The van der Waals surface area contributed by atoms with Crippen molar-refractivity contribution in [3.8, 4) is 0 Å². The summed E-state index contributed by atoms with van der Waals surface area (Å²) in [5, 5.41) is 8.45. The number of nitrogens with zero attached hydrogens (tertiary/aromatic N) is 2. The topological polar surface area (TPSA) is 39.7 Å². The van der Waals surface area contributed by atoms with Gasteiger partial charge in [-0.2, -0.15) is 13.2 Å². The van der Waals surface area contributed by atoms with E-state index < -0.39 is 12.7 Å². The smallest absolute Gasteiger partial charge is 0.352 e. The molecule has 1 saturated heterocycles. The first-order valence-corrected chi connectivity index (χ1v) is 8.04. The number of alkyl halides is 3. The Labute approximate surface area is 155 Å². The molecule has 1 unspecified atom stereocenters. The van der Waals surface area contributed by atoms with Crippen molar-refractivity contribution in [2.75, 3.05) is 26.7 Å². The average Bonchev–Trinajstić information content (AvgIpc) is 3.02. The average molecular weight is 462 g/mol. The molecule has 1 aliphatic rings. The molecular formula is C14H22F3IN4S. The van der Waals surface area contributed by atoms with Crippen molar-refractivity contribution in [2.45, 2.75) is 32.1 Å². The van der Waals surface area contributed by atoms with Crippen molar-refractivity contribution in [3.05, 3.63) is 21.9 Å². The van der Waals surface area contributed by atoms with E-state index in [1.807, 2.05) is 5.38 Å². The number of hydrogen-bond donors (Lipinski definition) is 2. The number of hydrogen-bond acceptors (Lipinski definition) is 3. The van der Waals surface area contributed by atoms with Gasteiger partial charge in [-0.3, -0.25) is 9.89 Å². The second-order valence-electron chi connectivity index (χ2n) is 5.43. The summed E-state index contributed by atoms with van der Waals surface area (Å²) in [5.41, 5.74) is 1.23. The quantitative estimate of drug-likeness (QED) is 0.411. The van der Waals surface area contributed by atoms with Gasteiger partial charge in [-0.15, -0.1) is 35.3 Å². The summed E-state index contributed by atoms with van der Waals surface area (Å²) >= 11 is 1.67. The van der Waals surface area contributed by atoms with Crippen LogP contribution in [0.25, 0.3) is 0 Å². The van der Waals surface area contributed by atoms with E-state index in [-0.39, 0.29) is 30.0 Å². The summed E-state index contributed by atoms with van der Waals surface area (Å²) in [4.78, 5) is 6.79. The zero-order chi connectivity index (χ0) is 16.2. The van der Waals surface area contributed by atoms with Crippen LogP contribution in [0.1, 0.15) is 16.9 Å². The number of rotatable bonds is 4. The Morgan fingerprint density at radius 3 is 2.78 bits per heavy atom. The minimum Gasteiger partial charge on any atom is -0.352 e. The number of nitrogens with one attached hydrogen (secondary N) is 2. The van der Waals surface area contributed by atoms with E-state index in [4.69, 9.17) is 0 Å². The van der Waals surface area contributed by atoms with Gasteiger partial charge in [0.2, 0.25) is 0 Å². The number of likely N-dealkylation sites (tertiary alicyclic amines) is 1. The molecule has 1 aromatic rings. The van der Waals surface area contributed by atoms with E-state index in [0.717, 1.165) is 0 Å². The molecule has 0 bridgehead atoms. The molecule has 1 aliphatic heterocycles. The Hall–Kier alpha value is -0.550. The molecule has 4 nitrogen and oxygen atoms in total. The standard InChI is InChI=1S/C14H21F3N4S.HI/c1-10-4-6-22-12(10)7-19-13(18-2)20-11-3-5-21(8-11)9-14(15,16)17;/h4,6,11H,3,5,7-9H2,1-2H3,(H2,18,19,20);1H. The summed E-state index contributed by atoms with van der Waals surface area (Å²) in [6.07, 6.45) is -3.44. The predicted octanol–water partition coefficient (Wildman–Crippen LogP) is 2.98. The molecule has 23 heavy (non-hydrogen) atoms. The van der Waals surface area contributed by atoms with Gasteiger partial charge in [0.1, 0.15) is 0 Å². The fraction of sp³-hybridized carbons (Fsp3) is 0.643. The Kier molecular flexibility index (Phi) is 8.08. The maximum Gasteiger partial charge on any atom is 0.401 e. The molecule has 0 saturated carbocycles. The highest BCUT2D eigenvalue weighted by Crippen LogP contribution is 2.20. The second kappa shape index (κ2) is 9.07. The third kappa shape index (κ3) is 6.84. The fourth-order valence-electron chi connectivity index (χ4n) is 2.48. The SMILES string of the molecule is CN=C(NCc1sccc1C)NC1CCN(CC(F)(F)F)C1.I. The first-order chi connectivity index (χ1) is 10.4. The third-order valence-corrected chi connectivity index (χ3v) is 4.65. The summed E-state index contributed by atoms with van der Waals surface area (Å²) < 4.78 is 37.1. The summed E-state index contributed by atoms with van der Waals surface area (Å²) in [7, 11) is 1.67. The van der Waals surface area contributed by atoms with Crippen molar-refractivity contribution in [3.63, 3.8) is 0 Å². The lowest BCUT2D eigenvalue weighted by Gasteiger charge is -2.19. The first kappa shape index (κ1) is 20.5. The molecule has 0 spiro atoms. The highest BCUT2D eigenvalue weighted by atomic mass is 127. The minimum atomic E-state index is -4.13. The van der Waals surface area contributed by atoms with Gasteiger partial charge in [-0.05, 0) is 30.4 Å². The molecule has 0 aromatic carbocycles. The molecule has 9 heteroatoms. The summed E-state index contributed by atoms with van der Waals surface area (Å²) in [6.45, 7) is 2.72. The van der Waals surface area contributed by atoms with Crippen LogP contribution < -0.4 is 10.6 Å². The van der Waals surface area contributed by atoms with E-state index in [2.05, 4.69) is 28.6 Å². The zero-order valence-corrected chi connectivity index (χ0v) is 16.3. The zero-order valence-electron chi connectivity index (χ0n) is 13.1. The monoisotopic (exact) mass is 462 g/mol. The fourth-order valence-corrected chi connectivity index (χ4v) is 3.33. The van der Waals surface area contributed by atoms with Gasteiger partial charge < -0.3 is 10.6 Å². The van der Waals surface area contributed by atoms with Crippen LogP contribution in [0.15, 0.2) is 16.4 Å². The van der Waals surface area contributed by atoms with E-state index >= 15 is 0 Å². The van der Waals surface area contributed by atoms with Gasteiger partial charge in [0.25, 0.3) is 0 Å². The lowest BCUT2D eigenvalue weighted by Crippen LogP contribution is -2.44. The molecule has 1 aromatic heterocycles. The van der Waals surface area contributed by atoms with Crippen LogP contribution in [0.4, 0.5) is 13.2 Å². The van der Waals surface area contributed by atoms with Crippen LogP contribution in [0, 0.1) is 6.92 Å². The third-order valence-electron chi connectivity index (χ3n) is 3.62. The largest absolute Gasteiger partial charge is 0.401 e. The van der Waals surface area contributed by atoms with Crippen molar-refractivity contribution in [2.24, 2.45) is 4.99 Å². The van der Waals surface area contributed by atoms with E-state index in [9.17, 15) is 13.2 Å². The summed E-state index contributed by atoms with van der Waals surface area (Å²) in [6, 6.07) is 2.06. The van der Waals surface area contributed by atoms with Gasteiger partial charge in [0.15, 0.2) is 5.96 Å². The second-order valence-corrected chi connectivity index (χ2v) is 6.43. The van der Waals surface area contributed by atoms with Crippen LogP contribution in [-0.2, 0) is 6.54 Å². The molecular weight excluding hydrogens is 440 g/mol. The van der Waals surface area contributed by atoms with Gasteiger partial charge in [0, 0.05) is 31.1 Å². The molecule has 1 atom stereocenters. The van der Waals surface area contributed by atoms with Crippen LogP contribution in [-0.4, -0.2) is 49.8 Å². The Balaban J connectivity index is 0.00000264. The molecule has 2 rings (SSSR count). The molecule has 0 amide bonds. The van der Waals surface area contributed by atoms with Gasteiger partial charge in [-0.1, -0.05) is 0 Å². The molecule has 0 aliphatic carbocycles. The maximum atomic E-state index is 12.4. The van der Waals surface area contributed by atoms with Crippen LogP contribution >= 0.6 is 35.3 Å². The van der Waals surface area contributed by atoms with Crippen molar-refractivity contribution in [1.82, 2.24) is 15.5 Å². The van der Waals surface area contributed by atoms with Crippen molar-refractivity contribution in [1.29, 1.82) is 0 Å². The molecule has 1 fully saturated rings. The van der Waals surface area contributed by atoms with Gasteiger partial charge in [-0.25, -0.2) is 0 Å². The lowest BCUT2D eigenvalue weighted by molar-refractivity contribution is -0.143. The Morgan fingerprint density at radius 2 is 2.22 bits per heavy atom. The maximum absolute atomic E-state index is 12.4. The van der Waals surface area contributed by atoms with E-state index in [1.165, 1.54) is 15.3 Å². The molecule has 2 N–H and O–H groups in total. The van der Waals surface area contributed by atoms with Crippen molar-refractivity contribution >= 4 is 41.3 Å². The normalized spacial score (nSPS) is 19.5. The van der Waals surface area contributed by atoms with Gasteiger partial charge in [0.05, 0.1) is 13.1 Å². The van der Waals surface area contributed by atoms with Crippen LogP contribution in [0.2, 0.25) is 0 Å². The highest BCUT2D eigenvalue weighted by molar-refractivity contribution is 14.0. The minimum absolute atomic E-state index is 0. The number of aliphatic imine (C=N–C) groups is 1. The lowest BCUT2D eigenvalue weighted by atomic mass is 10.2. The number of halogens is 4. The van der Waals surface area contributed by atoms with Gasteiger partial charge >= 0.3 is 6.18 Å². The molecule has 2 heterocycles. The Bertz CT molecular complexity index is 518. The predicted molar refractivity (Wildman–Crippen MR) is 98.7 cm³/mol. The van der Waals surface area contributed by atoms with Crippen molar-refractivity contribution < 1.29 is 13.2 Å². The number of aryl methyl sites for hydroxylation is 1. The molecule has 132 valence electrons. The summed E-state index contributed by atoms with van der Waals surface area (Å²) in [5.74, 6) is 0.631. The van der Waals surface area contributed by atoms with Crippen LogP contribution in [0.5, 0.6) is 0 Å². The number of thiophene rings is 1. The highest BCUT2D eigenvalue weighted by Gasteiger charge is 2.34. The Morgan fingerprint density at radius 1 is 1.48 bits per heavy atom. The van der Waals surface area contributed by atoms with E-state index in [1.54, 1.807) is 18.4 Å².